The van der Waals surface area contributed by atoms with Crippen LogP contribution in [0.25, 0.3) is 0 Å². The van der Waals surface area contributed by atoms with E-state index in [4.69, 9.17) is 4.74 Å². The third-order valence-electron chi connectivity index (χ3n) is 3.45. The summed E-state index contributed by atoms with van der Waals surface area (Å²) in [4.78, 5) is 0. The average Bonchev–Trinajstić information content (AvgIpc) is 2.41. The summed E-state index contributed by atoms with van der Waals surface area (Å²) in [5, 5.41) is 3.42. The molecule has 1 atom stereocenters. The fourth-order valence-corrected chi connectivity index (χ4v) is 2.28. The molecule has 1 aliphatic heterocycles. The van der Waals surface area contributed by atoms with Gasteiger partial charge >= 0.3 is 0 Å². The summed E-state index contributed by atoms with van der Waals surface area (Å²) in [5.41, 5.74) is 2.68. The summed E-state index contributed by atoms with van der Waals surface area (Å²) in [6.45, 7) is 6.12. The SMILES string of the molecule is CCc1ccc(COCC2CCCNC2)cc1. The first-order valence-electron chi connectivity index (χ1n) is 6.74. The van der Waals surface area contributed by atoms with E-state index in [2.05, 4.69) is 36.5 Å². The molecular weight excluding hydrogens is 210 g/mol. The molecule has 0 amide bonds. The molecule has 1 N–H and O–H groups in total. The smallest absolute Gasteiger partial charge is 0.0717 e. The van der Waals surface area contributed by atoms with Gasteiger partial charge in [-0.1, -0.05) is 31.2 Å². The minimum absolute atomic E-state index is 0.707. The van der Waals surface area contributed by atoms with Crippen molar-refractivity contribution in [2.75, 3.05) is 19.7 Å². The predicted molar refractivity (Wildman–Crippen MR) is 71.1 cm³/mol. The number of aryl methyl sites for hydroxylation is 1. The third kappa shape index (κ3) is 4.14. The van der Waals surface area contributed by atoms with Crippen LogP contribution in [0, 0.1) is 5.92 Å². The standard InChI is InChI=1S/C15H23NO/c1-2-13-5-7-14(8-6-13)11-17-12-15-4-3-9-16-10-15/h5-8,15-16H,2-4,9-12H2,1H3. The molecule has 1 fully saturated rings. The number of ether oxygens (including phenoxy) is 1. The fourth-order valence-electron chi connectivity index (χ4n) is 2.28. The molecule has 0 aromatic heterocycles. The summed E-state index contributed by atoms with van der Waals surface area (Å²) in [6, 6.07) is 8.75. The zero-order valence-corrected chi connectivity index (χ0v) is 10.7. The van der Waals surface area contributed by atoms with Crippen molar-refractivity contribution in [3.8, 4) is 0 Å². The second kappa shape index (κ2) is 6.77. The molecule has 94 valence electrons. The van der Waals surface area contributed by atoms with Crippen molar-refractivity contribution in [2.24, 2.45) is 5.92 Å². The van der Waals surface area contributed by atoms with Crippen molar-refractivity contribution in [3.63, 3.8) is 0 Å². The van der Waals surface area contributed by atoms with E-state index in [-0.39, 0.29) is 0 Å². The summed E-state index contributed by atoms with van der Waals surface area (Å²) in [6.07, 6.45) is 3.70. The van der Waals surface area contributed by atoms with Gasteiger partial charge in [-0.25, -0.2) is 0 Å². The molecule has 0 spiro atoms. The molecule has 0 bridgehead atoms. The molecular formula is C15H23NO. The molecule has 1 unspecified atom stereocenters. The van der Waals surface area contributed by atoms with Crippen molar-refractivity contribution in [3.05, 3.63) is 35.4 Å². The van der Waals surface area contributed by atoms with Gasteiger partial charge in [0.1, 0.15) is 0 Å². The van der Waals surface area contributed by atoms with Gasteiger partial charge < -0.3 is 10.1 Å². The van der Waals surface area contributed by atoms with Crippen LogP contribution >= 0.6 is 0 Å². The second-order valence-corrected chi connectivity index (χ2v) is 4.90. The Bertz CT molecular complexity index is 314. The van der Waals surface area contributed by atoms with E-state index in [0.29, 0.717) is 5.92 Å². The zero-order valence-electron chi connectivity index (χ0n) is 10.7. The molecule has 2 nitrogen and oxygen atoms in total. The molecule has 1 aromatic rings. The lowest BCUT2D eigenvalue weighted by molar-refractivity contribution is 0.0783. The van der Waals surface area contributed by atoms with Gasteiger partial charge in [-0.05, 0) is 42.9 Å². The minimum Gasteiger partial charge on any atom is -0.376 e. The molecule has 1 saturated heterocycles. The number of benzene rings is 1. The normalized spacial score (nSPS) is 20.4. The van der Waals surface area contributed by atoms with E-state index < -0.39 is 0 Å². The van der Waals surface area contributed by atoms with Crippen LogP contribution in [0.2, 0.25) is 0 Å². The molecule has 2 rings (SSSR count). The zero-order chi connectivity index (χ0) is 11.9. The molecule has 2 heteroatoms. The Morgan fingerprint density at radius 1 is 1.24 bits per heavy atom. The van der Waals surface area contributed by atoms with Gasteiger partial charge in [0.15, 0.2) is 0 Å². The van der Waals surface area contributed by atoms with Gasteiger partial charge in [0.2, 0.25) is 0 Å². The summed E-state index contributed by atoms with van der Waals surface area (Å²) < 4.78 is 5.79. The van der Waals surface area contributed by atoms with E-state index in [0.717, 1.165) is 26.2 Å². The van der Waals surface area contributed by atoms with E-state index in [1.54, 1.807) is 0 Å². The molecule has 0 aliphatic carbocycles. The first-order valence-corrected chi connectivity index (χ1v) is 6.74. The summed E-state index contributed by atoms with van der Waals surface area (Å²) in [5.74, 6) is 0.707. The van der Waals surface area contributed by atoms with Crippen LogP contribution in [-0.2, 0) is 17.8 Å². The lowest BCUT2D eigenvalue weighted by atomic mass is 10.0. The summed E-state index contributed by atoms with van der Waals surface area (Å²) >= 11 is 0. The Morgan fingerprint density at radius 3 is 2.65 bits per heavy atom. The maximum atomic E-state index is 5.79. The highest BCUT2D eigenvalue weighted by atomic mass is 16.5. The minimum atomic E-state index is 0.707. The summed E-state index contributed by atoms with van der Waals surface area (Å²) in [7, 11) is 0. The molecule has 1 aromatic carbocycles. The van der Waals surface area contributed by atoms with Crippen molar-refractivity contribution < 1.29 is 4.74 Å². The molecule has 0 radical (unpaired) electrons. The number of rotatable bonds is 5. The van der Waals surface area contributed by atoms with Crippen LogP contribution < -0.4 is 5.32 Å². The van der Waals surface area contributed by atoms with Gasteiger partial charge in [0.25, 0.3) is 0 Å². The third-order valence-corrected chi connectivity index (χ3v) is 3.45. The fraction of sp³-hybridized carbons (Fsp3) is 0.600. The van der Waals surface area contributed by atoms with Crippen molar-refractivity contribution in [1.82, 2.24) is 5.32 Å². The van der Waals surface area contributed by atoms with Crippen molar-refractivity contribution >= 4 is 0 Å². The molecule has 1 aliphatic rings. The maximum absolute atomic E-state index is 5.79. The first kappa shape index (κ1) is 12.6. The second-order valence-electron chi connectivity index (χ2n) is 4.90. The van der Waals surface area contributed by atoms with Crippen LogP contribution in [0.1, 0.15) is 30.9 Å². The monoisotopic (exact) mass is 233 g/mol. The Morgan fingerprint density at radius 2 is 2.00 bits per heavy atom. The van der Waals surface area contributed by atoms with Crippen LogP contribution in [-0.4, -0.2) is 19.7 Å². The first-order chi connectivity index (χ1) is 8.38. The Hall–Kier alpha value is -0.860. The molecule has 1 heterocycles. The highest BCUT2D eigenvalue weighted by Crippen LogP contribution is 2.12. The van der Waals surface area contributed by atoms with Crippen LogP contribution in [0.3, 0.4) is 0 Å². The number of piperidine rings is 1. The lowest BCUT2D eigenvalue weighted by Gasteiger charge is -2.22. The van der Waals surface area contributed by atoms with Crippen molar-refractivity contribution in [2.45, 2.75) is 32.8 Å². The van der Waals surface area contributed by atoms with Gasteiger partial charge in [-0.2, -0.15) is 0 Å². The number of hydrogen-bond acceptors (Lipinski definition) is 2. The van der Waals surface area contributed by atoms with E-state index in [1.165, 1.54) is 30.5 Å². The quantitative estimate of drug-likeness (QED) is 0.844. The maximum Gasteiger partial charge on any atom is 0.0717 e. The van der Waals surface area contributed by atoms with Crippen LogP contribution in [0.15, 0.2) is 24.3 Å². The van der Waals surface area contributed by atoms with Gasteiger partial charge in [-0.3, -0.25) is 0 Å². The molecule has 17 heavy (non-hydrogen) atoms. The van der Waals surface area contributed by atoms with Crippen molar-refractivity contribution in [1.29, 1.82) is 0 Å². The largest absolute Gasteiger partial charge is 0.376 e. The highest BCUT2D eigenvalue weighted by Gasteiger charge is 2.12. The number of hydrogen-bond donors (Lipinski definition) is 1. The van der Waals surface area contributed by atoms with E-state index >= 15 is 0 Å². The highest BCUT2D eigenvalue weighted by molar-refractivity contribution is 5.21. The number of nitrogens with one attached hydrogen (secondary N) is 1. The van der Waals surface area contributed by atoms with Gasteiger partial charge in [0, 0.05) is 6.54 Å². The predicted octanol–water partition coefficient (Wildman–Crippen LogP) is 2.77. The Kier molecular flexibility index (Phi) is 5.02. The topological polar surface area (TPSA) is 21.3 Å². The van der Waals surface area contributed by atoms with Crippen LogP contribution in [0.5, 0.6) is 0 Å². The average molecular weight is 233 g/mol. The van der Waals surface area contributed by atoms with Crippen LogP contribution in [0.4, 0.5) is 0 Å². The van der Waals surface area contributed by atoms with E-state index in [1.807, 2.05) is 0 Å². The Balaban J connectivity index is 1.69. The Labute approximate surface area is 104 Å². The van der Waals surface area contributed by atoms with Gasteiger partial charge in [-0.15, -0.1) is 0 Å². The van der Waals surface area contributed by atoms with Gasteiger partial charge in [0.05, 0.1) is 13.2 Å². The molecule has 0 saturated carbocycles. The lowest BCUT2D eigenvalue weighted by Crippen LogP contribution is -2.32. The van der Waals surface area contributed by atoms with E-state index in [9.17, 15) is 0 Å².